The Labute approximate surface area is 86.0 Å². The number of amides is 1. The zero-order valence-electron chi connectivity index (χ0n) is 9.36. The van der Waals surface area contributed by atoms with Crippen molar-refractivity contribution in [2.75, 3.05) is 26.8 Å². The van der Waals surface area contributed by atoms with Gasteiger partial charge in [0.25, 0.3) is 0 Å². The molecule has 14 heavy (non-hydrogen) atoms. The van der Waals surface area contributed by atoms with Crippen LogP contribution in [0.1, 0.15) is 20.3 Å². The number of nitrogens with two attached hydrogens (primary N) is 1. The molecule has 82 valence electrons. The fourth-order valence-corrected chi connectivity index (χ4v) is 2.02. The Bertz CT molecular complexity index is 206. The summed E-state index contributed by atoms with van der Waals surface area (Å²) < 4.78 is 0. The smallest absolute Gasteiger partial charge is 0.241 e. The third-order valence-corrected chi connectivity index (χ3v) is 2.67. The lowest BCUT2D eigenvalue weighted by Gasteiger charge is -2.24. The van der Waals surface area contributed by atoms with Crippen molar-refractivity contribution < 1.29 is 4.79 Å². The molecule has 1 fully saturated rings. The van der Waals surface area contributed by atoms with Gasteiger partial charge in [-0.05, 0) is 19.4 Å². The Morgan fingerprint density at radius 2 is 2.29 bits per heavy atom. The molecule has 2 N–H and O–H groups in total. The van der Waals surface area contributed by atoms with Crippen LogP contribution in [0.2, 0.25) is 0 Å². The van der Waals surface area contributed by atoms with Crippen LogP contribution in [0.4, 0.5) is 0 Å². The molecule has 1 aliphatic heterocycles. The highest BCUT2D eigenvalue weighted by molar-refractivity contribution is 5.83. The second kappa shape index (κ2) is 4.75. The number of hydrogen-bond donors (Lipinski definition) is 1. The Kier molecular flexibility index (Phi) is 3.89. The third-order valence-electron chi connectivity index (χ3n) is 2.67. The van der Waals surface area contributed by atoms with Crippen molar-refractivity contribution in [1.82, 2.24) is 9.80 Å². The quantitative estimate of drug-likeness (QED) is 0.698. The van der Waals surface area contributed by atoms with Crippen molar-refractivity contribution in [3.05, 3.63) is 0 Å². The molecule has 1 atom stereocenters. The van der Waals surface area contributed by atoms with E-state index in [4.69, 9.17) is 5.73 Å². The van der Waals surface area contributed by atoms with Crippen LogP contribution < -0.4 is 5.73 Å². The van der Waals surface area contributed by atoms with Gasteiger partial charge >= 0.3 is 0 Å². The summed E-state index contributed by atoms with van der Waals surface area (Å²) in [5.74, 6) is 0.787. The van der Waals surface area contributed by atoms with Gasteiger partial charge < -0.3 is 10.6 Å². The number of carbonyl (C=O) groups is 1. The minimum absolute atomic E-state index is 0.0564. The van der Waals surface area contributed by atoms with Crippen LogP contribution in [0.3, 0.4) is 0 Å². The van der Waals surface area contributed by atoms with Crippen LogP contribution in [-0.4, -0.2) is 48.6 Å². The molecule has 0 aromatic rings. The molecule has 0 aromatic carbocycles. The van der Waals surface area contributed by atoms with Crippen molar-refractivity contribution in [2.45, 2.75) is 26.3 Å². The third kappa shape index (κ3) is 2.45. The maximum absolute atomic E-state index is 11.8. The molecule has 0 aliphatic carbocycles. The number of hydrogen-bond acceptors (Lipinski definition) is 3. The molecule has 1 unspecified atom stereocenters. The van der Waals surface area contributed by atoms with E-state index in [-0.39, 0.29) is 11.9 Å². The normalized spacial score (nSPS) is 22.9. The van der Waals surface area contributed by atoms with Gasteiger partial charge in [0.1, 0.15) is 0 Å². The van der Waals surface area contributed by atoms with Gasteiger partial charge in [-0.15, -0.1) is 0 Å². The average molecular weight is 199 g/mol. The summed E-state index contributed by atoms with van der Waals surface area (Å²) in [6, 6.07) is 0.0564. The van der Waals surface area contributed by atoms with Crippen molar-refractivity contribution in [3.8, 4) is 0 Å². The van der Waals surface area contributed by atoms with Crippen LogP contribution in [0.15, 0.2) is 0 Å². The Morgan fingerprint density at radius 1 is 1.64 bits per heavy atom. The van der Waals surface area contributed by atoms with Crippen LogP contribution in [0, 0.1) is 5.92 Å². The highest BCUT2D eigenvalue weighted by atomic mass is 16.2. The minimum Gasteiger partial charge on any atom is -0.329 e. The predicted molar refractivity (Wildman–Crippen MR) is 56.6 cm³/mol. The first-order chi connectivity index (χ1) is 6.56. The zero-order valence-corrected chi connectivity index (χ0v) is 9.36. The van der Waals surface area contributed by atoms with E-state index in [0.717, 1.165) is 19.5 Å². The number of likely N-dealkylation sites (N-methyl/N-ethyl adjacent to an activating group) is 1. The topological polar surface area (TPSA) is 49.6 Å². The summed E-state index contributed by atoms with van der Waals surface area (Å²) in [5.41, 5.74) is 5.47. The van der Waals surface area contributed by atoms with Crippen LogP contribution in [-0.2, 0) is 4.79 Å². The summed E-state index contributed by atoms with van der Waals surface area (Å²) >= 11 is 0. The van der Waals surface area contributed by atoms with Gasteiger partial charge in [0, 0.05) is 13.1 Å². The predicted octanol–water partition coefficient (Wildman–Crippen LogP) is 0.0913. The second-order valence-corrected chi connectivity index (χ2v) is 4.42. The molecule has 1 rings (SSSR count). The van der Waals surface area contributed by atoms with Crippen molar-refractivity contribution in [3.63, 3.8) is 0 Å². The molecule has 1 heterocycles. The average Bonchev–Trinajstić information content (AvgIpc) is 2.45. The lowest BCUT2D eigenvalue weighted by atomic mass is 10.1. The van der Waals surface area contributed by atoms with Gasteiger partial charge in [-0.25, -0.2) is 0 Å². The SMILES string of the molecule is CC(C)CN(C)C1CCN(CN)C1=O. The van der Waals surface area contributed by atoms with Crippen LogP contribution >= 0.6 is 0 Å². The molecular weight excluding hydrogens is 178 g/mol. The Balaban J connectivity index is 2.50. The molecule has 0 spiro atoms. The van der Waals surface area contributed by atoms with E-state index < -0.39 is 0 Å². The standard InChI is InChI=1S/C10H21N3O/c1-8(2)6-12(3)9-4-5-13(7-11)10(9)14/h8-9H,4-7,11H2,1-3H3. The molecule has 1 amide bonds. The van der Waals surface area contributed by atoms with Gasteiger partial charge in [-0.3, -0.25) is 9.69 Å². The molecule has 0 aromatic heterocycles. The van der Waals surface area contributed by atoms with E-state index in [1.54, 1.807) is 4.90 Å². The first-order valence-corrected chi connectivity index (χ1v) is 5.25. The monoisotopic (exact) mass is 199 g/mol. The molecule has 1 saturated heterocycles. The lowest BCUT2D eigenvalue weighted by molar-refractivity contribution is -0.131. The molecule has 4 heteroatoms. The zero-order chi connectivity index (χ0) is 10.7. The van der Waals surface area contributed by atoms with Gasteiger partial charge in [-0.2, -0.15) is 0 Å². The summed E-state index contributed by atoms with van der Waals surface area (Å²) in [4.78, 5) is 15.6. The molecular formula is C10H21N3O. The van der Waals surface area contributed by atoms with E-state index in [1.807, 2.05) is 7.05 Å². The van der Waals surface area contributed by atoms with E-state index in [9.17, 15) is 4.79 Å². The molecule has 0 radical (unpaired) electrons. The van der Waals surface area contributed by atoms with Crippen LogP contribution in [0.5, 0.6) is 0 Å². The highest BCUT2D eigenvalue weighted by Gasteiger charge is 2.33. The summed E-state index contributed by atoms with van der Waals surface area (Å²) in [7, 11) is 2.02. The van der Waals surface area contributed by atoms with Gasteiger partial charge in [-0.1, -0.05) is 13.8 Å². The molecule has 1 aliphatic rings. The maximum Gasteiger partial charge on any atom is 0.241 e. The van der Waals surface area contributed by atoms with Gasteiger partial charge in [0.05, 0.1) is 12.7 Å². The largest absolute Gasteiger partial charge is 0.329 e. The first-order valence-electron chi connectivity index (χ1n) is 5.25. The molecule has 0 saturated carbocycles. The minimum atomic E-state index is 0.0564. The Hall–Kier alpha value is -0.610. The van der Waals surface area contributed by atoms with Crippen molar-refractivity contribution in [1.29, 1.82) is 0 Å². The van der Waals surface area contributed by atoms with E-state index in [2.05, 4.69) is 18.7 Å². The van der Waals surface area contributed by atoms with Crippen molar-refractivity contribution >= 4 is 5.91 Å². The van der Waals surface area contributed by atoms with E-state index in [1.165, 1.54) is 0 Å². The van der Waals surface area contributed by atoms with Crippen LogP contribution in [0.25, 0.3) is 0 Å². The fourth-order valence-electron chi connectivity index (χ4n) is 2.02. The van der Waals surface area contributed by atoms with Crippen molar-refractivity contribution in [2.24, 2.45) is 11.7 Å². The molecule has 0 bridgehead atoms. The number of likely N-dealkylation sites (tertiary alicyclic amines) is 1. The summed E-state index contributed by atoms with van der Waals surface area (Å²) in [5, 5.41) is 0. The number of nitrogens with zero attached hydrogens (tertiary/aromatic N) is 2. The molecule has 4 nitrogen and oxygen atoms in total. The van der Waals surface area contributed by atoms with Gasteiger partial charge in [0.2, 0.25) is 5.91 Å². The van der Waals surface area contributed by atoms with E-state index in [0.29, 0.717) is 12.6 Å². The first kappa shape index (κ1) is 11.5. The lowest BCUT2D eigenvalue weighted by Crippen LogP contribution is -2.42. The fraction of sp³-hybridized carbons (Fsp3) is 0.900. The maximum atomic E-state index is 11.8. The number of carbonyl (C=O) groups excluding carboxylic acids is 1. The van der Waals surface area contributed by atoms with Gasteiger partial charge in [0.15, 0.2) is 0 Å². The second-order valence-electron chi connectivity index (χ2n) is 4.42. The number of rotatable bonds is 4. The summed E-state index contributed by atoms with van der Waals surface area (Å²) in [6.07, 6.45) is 0.916. The summed E-state index contributed by atoms with van der Waals surface area (Å²) in [6.45, 7) is 6.45. The van der Waals surface area contributed by atoms with E-state index >= 15 is 0 Å². The highest BCUT2D eigenvalue weighted by Crippen LogP contribution is 2.15. The Morgan fingerprint density at radius 3 is 2.71 bits per heavy atom.